The molecule has 0 aromatic heterocycles. The first-order valence-electron chi connectivity index (χ1n) is 25.2. The Morgan fingerprint density at radius 2 is 0.180 bits per heavy atom. The third-order valence-corrected chi connectivity index (χ3v) is 800. The summed E-state index contributed by atoms with van der Waals surface area (Å²) in [6.45, 7) is -28.1. The molecule has 0 aromatic carbocycles. The zero-order valence-corrected chi connectivity index (χ0v) is 170. The van der Waals surface area contributed by atoms with Crippen LogP contribution in [0.25, 0.3) is 0 Å². The van der Waals surface area contributed by atoms with Crippen LogP contribution in [0.5, 0.6) is 0 Å². The Kier molecular flexibility index (Phi) is 125. The van der Waals surface area contributed by atoms with Gasteiger partial charge in [-0.05, 0) is 377 Å². The predicted octanol–water partition coefficient (Wildman–Crippen LogP) is 65.9. The molecule has 0 aliphatic rings. The SMILES string of the molecule is [PH]PP(P)P(P(P)P)P(P(P(P)P)P(P)P)P(P(P(P(P([PH])P)P(P)P)P(P(P)P)P(P)P)P(P(P(P)P)P(P)P)P(P(P)P)P(P)P)P(P(P(P(P(P)P)P(P)P)P(P(P)P)P(P)P)P(P(P(P)P)P(P)P)P(P(P)P)P(P)P)P(P(P(P(P)P)P(P)P)P(P(P)P)P(P)P)P(P(P(P)P)P(P)P)P(P(P)P)P(P)P. The van der Waals surface area contributed by atoms with Gasteiger partial charge in [0.15, 0.2) is 0 Å². The second-order valence-corrected chi connectivity index (χ2v) is 477. The van der Waals surface area contributed by atoms with E-state index >= 15 is 0 Å². The van der Waals surface area contributed by atoms with Crippen LogP contribution in [0.1, 0.15) is 0 Å². The monoisotopic (exact) mass is 3550 g/mol. The lowest BCUT2D eigenvalue weighted by atomic mass is 28.3. The second-order valence-electron chi connectivity index (χ2n) is 17.7. The molecule has 63 atom stereocenters. The van der Waals surface area contributed by atoms with Crippen molar-refractivity contribution in [1.82, 2.24) is 0 Å². The molecular weight excluding hydrogens is 3440 g/mol. The van der Waals surface area contributed by atoms with E-state index < -0.39 is 377 Å². The van der Waals surface area contributed by atoms with Crippen LogP contribution in [0.4, 0.5) is 0 Å². The molecule has 0 saturated heterocycles. The Morgan fingerprint density at radius 1 is 0.108 bits per heavy atom. The van der Waals surface area contributed by atoms with Crippen LogP contribution in [-0.4, -0.2) is 0 Å². The van der Waals surface area contributed by atoms with Crippen LogP contribution >= 0.6 is 885 Å². The van der Waals surface area contributed by atoms with Gasteiger partial charge in [-0.25, -0.2) is 0 Å². The molecule has 0 aromatic rings. The van der Waals surface area contributed by atoms with Crippen molar-refractivity contribution >= 4 is 885 Å². The minimum absolute atomic E-state index is 0.463. The molecule has 0 fully saturated rings. The van der Waals surface area contributed by atoms with Crippen LogP contribution < -0.4 is 0 Å². The summed E-state index contributed by atoms with van der Waals surface area (Å²) in [6.07, 6.45) is 0. The zero-order chi connectivity index (χ0) is 87.9. The quantitative estimate of drug-likeness (QED) is 0.0533. The summed E-state index contributed by atoms with van der Waals surface area (Å²) >= 11 is 0. The van der Waals surface area contributed by atoms with Gasteiger partial charge in [0.1, 0.15) is 0 Å². The molecule has 666 valence electrons. The topological polar surface area (TPSA) is 0 Å². The zero-order valence-electron chi connectivity index (χ0n) is 56.8. The van der Waals surface area contributed by atoms with E-state index in [1.165, 1.54) is 0 Å². The summed E-state index contributed by atoms with van der Waals surface area (Å²) in [7, 11) is 219. The van der Waals surface area contributed by atoms with Crippen molar-refractivity contribution in [2.45, 2.75) is 0 Å². The lowest BCUT2D eigenvalue weighted by molar-refractivity contribution is 4.28. The van der Waals surface area contributed by atoms with Crippen LogP contribution in [0, 0.1) is 0 Å². The van der Waals surface area contributed by atoms with Crippen LogP contribution in [0.3, 0.4) is 0 Å². The molecule has 0 nitrogen and oxygen atoms in total. The van der Waals surface area contributed by atoms with Crippen LogP contribution in [0.15, 0.2) is 0 Å². The van der Waals surface area contributed by atoms with E-state index in [9.17, 15) is 0 Å². The average molecular weight is 3550 g/mol. The predicted molar refractivity (Wildman–Crippen MR) is 923 cm³/mol. The van der Waals surface area contributed by atoms with Gasteiger partial charge in [0, 0.05) is 0 Å². The van der Waals surface area contributed by atoms with E-state index in [2.05, 4.69) is 482 Å². The van der Waals surface area contributed by atoms with Gasteiger partial charge in [-0.1, -0.05) is 25.8 Å². The smallest absolute Gasteiger partial charge is 0.000000198 e. The molecule has 63 unspecified atom stereocenters. The Bertz CT molecular complexity index is 1890. The highest BCUT2D eigenvalue weighted by Gasteiger charge is 2.69. The standard InChI is InChI=1S/H111P111/c1-57-85(56)99(84(54)55)106(98(82(50)51)83(52)53)110(107(100(86(58(2)3)59(4)5)87(60(6)7)61(8)9)101(88(62(10)11)63(12)13)89(64(14)15)65(16)17)111(108(102(90(66(18)19)67(20)21)91(68(22)23)69(24)25)103(92(70(26)27)71(28)29)93(72(30)31)73(32)33)109(104(94(74(34)35)75(36)37)95(76(38)39)77(40)41)105(96(78(42)43)79(44)45)97(80(46)47)81(48)49/h1-2,57H,3-56H2. The van der Waals surface area contributed by atoms with Crippen molar-refractivity contribution < 1.29 is 0 Å². The third kappa shape index (κ3) is 55.8. The largest absolute Gasteiger partial charge is 0.102 e. The summed E-state index contributed by atoms with van der Waals surface area (Å²) in [6, 6.07) is 0. The maximum Gasteiger partial charge on any atom is -0.000000198 e. The van der Waals surface area contributed by atoms with Gasteiger partial charge in [0.2, 0.25) is 0 Å². The second kappa shape index (κ2) is 87.3. The van der Waals surface area contributed by atoms with E-state index in [1.54, 1.807) is 0 Å². The maximum absolute atomic E-state index is 5.12. The molecule has 111 heavy (non-hydrogen) atoms. The average Bonchev–Trinajstić information content (AvgIpc) is 0.704. The summed E-state index contributed by atoms with van der Waals surface area (Å²) in [5, 5.41) is 0. The van der Waals surface area contributed by atoms with Crippen LogP contribution in [-0.2, 0) is 0 Å². The highest BCUT2D eigenvalue weighted by molar-refractivity contribution is 9.62. The first kappa shape index (κ1) is 159. The van der Waals surface area contributed by atoms with Gasteiger partial charge >= 0.3 is 0 Å². The molecule has 0 N–H and O–H groups in total. The molecule has 0 amide bonds. The normalized spacial score (nSPS) is 15.8. The van der Waals surface area contributed by atoms with Gasteiger partial charge < -0.3 is 0 Å². The first-order valence-corrected chi connectivity index (χ1v) is 227. The van der Waals surface area contributed by atoms with E-state index in [0.717, 1.165) is 7.96 Å². The van der Waals surface area contributed by atoms with E-state index in [4.69, 9.17) is 17.9 Å². The van der Waals surface area contributed by atoms with Crippen molar-refractivity contribution in [2.75, 3.05) is 0 Å². The maximum atomic E-state index is 5.12. The first-order chi connectivity index (χ1) is 50.5. The molecule has 0 rings (SSSR count). The fourth-order valence-electron chi connectivity index (χ4n) is 6.85. The molecular formula is H111P111. The molecule has 0 spiro atoms. The van der Waals surface area contributed by atoms with Crippen molar-refractivity contribution in [2.24, 2.45) is 0 Å². The van der Waals surface area contributed by atoms with Gasteiger partial charge in [0.05, 0.1) is 0 Å². The Labute approximate surface area is 870 Å². The number of rotatable bonds is 54. The molecule has 111 heteroatoms. The number of hydrogen-bond donors (Lipinski definition) is 0. The van der Waals surface area contributed by atoms with E-state index in [0.29, 0.717) is 0 Å². The van der Waals surface area contributed by atoms with Crippen molar-refractivity contribution in [3.63, 3.8) is 0 Å². The van der Waals surface area contributed by atoms with Crippen LogP contribution in [0.2, 0.25) is 0 Å². The third-order valence-electron chi connectivity index (χ3n) is 9.87. The summed E-state index contributed by atoms with van der Waals surface area (Å²) in [5.74, 6) is 0. The van der Waals surface area contributed by atoms with E-state index in [-0.39, 0.29) is 0 Å². The Balaban J connectivity index is 15.7. The van der Waals surface area contributed by atoms with Gasteiger partial charge in [0.25, 0.3) is 0 Å². The molecule has 0 heterocycles. The van der Waals surface area contributed by atoms with Gasteiger partial charge in [-0.3, -0.25) is 0 Å². The fourth-order valence-corrected chi connectivity index (χ4v) is 1660. The summed E-state index contributed by atoms with van der Waals surface area (Å²) in [4.78, 5) is 0. The molecule has 0 saturated carbocycles. The minimum Gasteiger partial charge on any atom is -0.102 e. The summed E-state index contributed by atoms with van der Waals surface area (Å²) < 4.78 is 0. The lowest BCUT2D eigenvalue weighted by Crippen LogP contribution is -1.78. The molecule has 0 aliphatic heterocycles. The van der Waals surface area contributed by atoms with Crippen molar-refractivity contribution in [1.29, 1.82) is 0 Å². The highest BCUT2D eigenvalue weighted by atomic mass is 33.7. The molecule has 2 radical (unpaired) electrons. The molecule has 0 bridgehead atoms. The Morgan fingerprint density at radius 3 is 0.252 bits per heavy atom. The van der Waals surface area contributed by atoms with E-state index in [1.807, 2.05) is 0 Å². The van der Waals surface area contributed by atoms with Crippen molar-refractivity contribution in [3.05, 3.63) is 0 Å². The Hall–Kier alpha value is 47.7. The lowest BCUT2D eigenvalue weighted by Gasteiger charge is -2.65. The number of hydrogen-bond acceptors (Lipinski definition) is 0. The van der Waals surface area contributed by atoms with Gasteiger partial charge in [-0.2, -0.15) is 0 Å². The molecule has 0 aliphatic carbocycles. The fraction of sp³-hybridized carbons (Fsp3) is 0. The van der Waals surface area contributed by atoms with Gasteiger partial charge in [-0.15, -0.1) is 482 Å². The minimum atomic E-state index is -0.754. The highest BCUT2D eigenvalue weighted by Crippen LogP contribution is 3.56. The van der Waals surface area contributed by atoms with Crippen molar-refractivity contribution in [3.8, 4) is 0 Å². The summed E-state index contributed by atoms with van der Waals surface area (Å²) in [5.41, 5.74) is 0.